The minimum Gasteiger partial charge on any atom is -0.321 e. The van der Waals surface area contributed by atoms with Crippen molar-refractivity contribution >= 4 is 28.0 Å². The molecule has 3 heterocycles. The van der Waals surface area contributed by atoms with E-state index in [9.17, 15) is 4.79 Å². The Morgan fingerprint density at radius 1 is 1.15 bits per heavy atom. The van der Waals surface area contributed by atoms with Crippen LogP contribution >= 0.6 is 0 Å². The lowest BCUT2D eigenvalue weighted by molar-refractivity contribution is 0.102. The lowest BCUT2D eigenvalue weighted by Crippen LogP contribution is -2.13. The average molecular weight is 359 g/mol. The van der Waals surface area contributed by atoms with Gasteiger partial charge in [-0.2, -0.15) is 5.10 Å². The maximum Gasteiger partial charge on any atom is 0.276 e. The van der Waals surface area contributed by atoms with Crippen LogP contribution in [0, 0.1) is 0 Å². The molecule has 5 rings (SSSR count). The van der Waals surface area contributed by atoms with Gasteiger partial charge in [0.05, 0.1) is 17.2 Å². The van der Waals surface area contributed by atoms with Crippen LogP contribution in [-0.4, -0.2) is 25.5 Å². The van der Waals surface area contributed by atoms with Gasteiger partial charge in [-0.25, -0.2) is 4.98 Å². The molecule has 3 aromatic heterocycles. The van der Waals surface area contributed by atoms with Gasteiger partial charge >= 0.3 is 0 Å². The number of nitrogens with zero attached hydrogens (tertiary/aromatic N) is 3. The van der Waals surface area contributed by atoms with E-state index in [1.807, 2.05) is 42.6 Å². The van der Waals surface area contributed by atoms with E-state index in [1.54, 1.807) is 6.20 Å². The summed E-state index contributed by atoms with van der Waals surface area (Å²) in [5, 5.41) is 11.0. The minimum absolute atomic E-state index is 0.181. The Hall–Kier alpha value is -3.15. The predicted octanol–water partition coefficient (Wildman–Crippen LogP) is 4.51. The monoisotopic (exact) mass is 359 g/mol. The number of rotatable bonds is 3. The van der Waals surface area contributed by atoms with Crippen LogP contribution in [0.2, 0.25) is 0 Å². The zero-order valence-electron chi connectivity index (χ0n) is 15.0. The summed E-state index contributed by atoms with van der Waals surface area (Å²) in [4.78, 5) is 17.8. The number of pyridine rings is 1. The Labute approximate surface area is 156 Å². The molecule has 6 nitrogen and oxygen atoms in total. The Morgan fingerprint density at radius 2 is 2.04 bits per heavy atom. The first-order valence-electron chi connectivity index (χ1n) is 9.51. The second kappa shape index (κ2) is 6.54. The van der Waals surface area contributed by atoms with Crippen LogP contribution in [-0.2, 0) is 0 Å². The van der Waals surface area contributed by atoms with Crippen LogP contribution in [0.4, 0.5) is 5.69 Å². The molecule has 0 aliphatic heterocycles. The SMILES string of the molecule is O=C(Nc1ccc2cn[nH]c2c1)c1nc(C2CCCCC2)n2ccccc12. The number of carbonyl (C=O) groups excluding carboxylic acids is 1. The summed E-state index contributed by atoms with van der Waals surface area (Å²) in [6.45, 7) is 0. The van der Waals surface area contributed by atoms with Crippen LogP contribution < -0.4 is 5.32 Å². The molecule has 1 amide bonds. The molecule has 0 unspecified atom stereocenters. The summed E-state index contributed by atoms with van der Waals surface area (Å²) in [6.07, 6.45) is 9.83. The van der Waals surface area contributed by atoms with Crippen molar-refractivity contribution in [1.82, 2.24) is 19.6 Å². The predicted molar refractivity (Wildman–Crippen MR) is 105 cm³/mol. The number of fused-ring (bicyclic) bond motifs is 2. The second-order valence-electron chi connectivity index (χ2n) is 7.24. The van der Waals surface area contributed by atoms with Crippen molar-refractivity contribution in [1.29, 1.82) is 0 Å². The van der Waals surface area contributed by atoms with Crippen molar-refractivity contribution in [2.45, 2.75) is 38.0 Å². The van der Waals surface area contributed by atoms with Crippen LogP contribution in [0.15, 0.2) is 48.8 Å². The summed E-state index contributed by atoms with van der Waals surface area (Å²) in [5.41, 5.74) is 2.97. The highest BCUT2D eigenvalue weighted by Crippen LogP contribution is 2.33. The minimum atomic E-state index is -0.181. The van der Waals surface area contributed by atoms with Crippen molar-refractivity contribution in [3.8, 4) is 0 Å². The number of aromatic nitrogens is 4. The molecule has 1 fully saturated rings. The van der Waals surface area contributed by atoms with Crippen molar-refractivity contribution in [3.63, 3.8) is 0 Å². The molecule has 4 aromatic rings. The summed E-state index contributed by atoms with van der Waals surface area (Å²) in [6, 6.07) is 11.6. The lowest BCUT2D eigenvalue weighted by atomic mass is 9.89. The highest BCUT2D eigenvalue weighted by atomic mass is 16.1. The largest absolute Gasteiger partial charge is 0.321 e. The van der Waals surface area contributed by atoms with Crippen LogP contribution in [0.25, 0.3) is 16.4 Å². The number of carbonyl (C=O) groups is 1. The van der Waals surface area contributed by atoms with Gasteiger partial charge in [-0.05, 0) is 43.2 Å². The Morgan fingerprint density at radius 3 is 2.93 bits per heavy atom. The molecule has 0 spiro atoms. The van der Waals surface area contributed by atoms with Gasteiger partial charge in [0.2, 0.25) is 0 Å². The molecule has 1 saturated carbocycles. The number of H-pyrrole nitrogens is 1. The maximum atomic E-state index is 13.0. The number of hydrogen-bond donors (Lipinski definition) is 2. The van der Waals surface area contributed by atoms with Crippen LogP contribution in [0.3, 0.4) is 0 Å². The van der Waals surface area contributed by atoms with Gasteiger partial charge < -0.3 is 9.72 Å². The molecule has 136 valence electrons. The van der Waals surface area contributed by atoms with Crippen molar-refractivity contribution in [2.24, 2.45) is 0 Å². The number of hydrogen-bond acceptors (Lipinski definition) is 3. The average Bonchev–Trinajstić information content (AvgIpc) is 3.33. The fraction of sp³-hybridized carbons (Fsp3) is 0.286. The number of aromatic amines is 1. The van der Waals surface area contributed by atoms with Gasteiger partial charge in [0.25, 0.3) is 5.91 Å². The van der Waals surface area contributed by atoms with Gasteiger partial charge in [-0.1, -0.05) is 25.3 Å². The Kier molecular flexibility index (Phi) is 3.89. The second-order valence-corrected chi connectivity index (χ2v) is 7.24. The molecule has 0 radical (unpaired) electrons. The van der Waals surface area contributed by atoms with Crippen molar-refractivity contribution < 1.29 is 4.79 Å². The molecule has 1 aliphatic carbocycles. The highest BCUT2D eigenvalue weighted by Gasteiger charge is 2.24. The van der Waals surface area contributed by atoms with Crippen molar-refractivity contribution in [2.75, 3.05) is 5.32 Å². The number of benzene rings is 1. The van der Waals surface area contributed by atoms with E-state index >= 15 is 0 Å². The summed E-state index contributed by atoms with van der Waals surface area (Å²) in [7, 11) is 0. The molecular weight excluding hydrogens is 338 g/mol. The Bertz CT molecular complexity index is 1120. The normalized spacial score (nSPS) is 15.4. The lowest BCUT2D eigenvalue weighted by Gasteiger charge is -2.20. The summed E-state index contributed by atoms with van der Waals surface area (Å²) in [5.74, 6) is 1.26. The van der Waals surface area contributed by atoms with E-state index in [1.165, 1.54) is 19.3 Å². The molecule has 1 aliphatic rings. The maximum absolute atomic E-state index is 13.0. The van der Waals surface area contributed by atoms with Gasteiger partial charge in [-0.3, -0.25) is 9.89 Å². The van der Waals surface area contributed by atoms with Gasteiger partial charge in [0.1, 0.15) is 5.82 Å². The molecule has 0 atom stereocenters. The molecule has 1 aromatic carbocycles. The smallest absolute Gasteiger partial charge is 0.276 e. The van der Waals surface area contributed by atoms with Crippen LogP contribution in [0.5, 0.6) is 0 Å². The van der Waals surface area contributed by atoms with E-state index in [4.69, 9.17) is 4.98 Å². The number of nitrogens with one attached hydrogen (secondary N) is 2. The first kappa shape index (κ1) is 16.1. The van der Waals surface area contributed by atoms with Gasteiger partial charge in [-0.15, -0.1) is 0 Å². The quantitative estimate of drug-likeness (QED) is 0.565. The third-order valence-corrected chi connectivity index (χ3v) is 5.46. The van der Waals surface area contributed by atoms with E-state index in [2.05, 4.69) is 19.9 Å². The number of imidazole rings is 1. The van der Waals surface area contributed by atoms with E-state index in [0.717, 1.165) is 40.8 Å². The topological polar surface area (TPSA) is 75.1 Å². The highest BCUT2D eigenvalue weighted by molar-refractivity contribution is 6.08. The van der Waals surface area contributed by atoms with Gasteiger partial charge in [0, 0.05) is 23.2 Å². The Balaban J connectivity index is 1.50. The number of amides is 1. The zero-order valence-corrected chi connectivity index (χ0v) is 15.0. The fourth-order valence-electron chi connectivity index (χ4n) is 4.08. The molecule has 2 N–H and O–H groups in total. The van der Waals surface area contributed by atoms with Crippen molar-refractivity contribution in [3.05, 3.63) is 60.3 Å². The molecule has 6 heteroatoms. The molecule has 27 heavy (non-hydrogen) atoms. The van der Waals surface area contributed by atoms with Crippen LogP contribution in [0.1, 0.15) is 54.3 Å². The first-order chi connectivity index (χ1) is 13.3. The standard InChI is InChI=1S/C21H21N5O/c27-21(23-16-10-9-15-13-22-25-17(15)12-16)19-18-8-4-5-11-26(18)20(24-19)14-6-2-1-3-7-14/h4-5,8-14H,1-3,6-7H2,(H,22,25)(H,23,27). The fourth-order valence-corrected chi connectivity index (χ4v) is 4.08. The third kappa shape index (κ3) is 2.87. The molecule has 0 bridgehead atoms. The van der Waals surface area contributed by atoms with E-state index in [-0.39, 0.29) is 5.91 Å². The number of anilines is 1. The third-order valence-electron chi connectivity index (χ3n) is 5.46. The molecular formula is C21H21N5O. The summed E-state index contributed by atoms with van der Waals surface area (Å²) >= 11 is 0. The van der Waals surface area contributed by atoms with E-state index < -0.39 is 0 Å². The first-order valence-corrected chi connectivity index (χ1v) is 9.51. The zero-order chi connectivity index (χ0) is 18.2. The van der Waals surface area contributed by atoms with Gasteiger partial charge in [0.15, 0.2) is 5.69 Å². The van der Waals surface area contributed by atoms with E-state index in [0.29, 0.717) is 11.6 Å². The summed E-state index contributed by atoms with van der Waals surface area (Å²) < 4.78 is 2.09. The molecule has 0 saturated heterocycles.